The molecule has 1 aliphatic rings. The maximum absolute atomic E-state index is 10.8. The molecule has 18 nitrogen and oxygen atoms in total. The van der Waals surface area contributed by atoms with Crippen molar-refractivity contribution >= 4 is 0 Å². The summed E-state index contributed by atoms with van der Waals surface area (Å²) < 4.78 is 10.4. The van der Waals surface area contributed by atoms with Crippen molar-refractivity contribution in [3.63, 3.8) is 0 Å². The average molecular weight is 416 g/mol. The molecule has 160 valence electrons. The summed E-state index contributed by atoms with van der Waals surface area (Å²) in [5, 5.41) is 37.3. The van der Waals surface area contributed by atoms with Gasteiger partial charge in [0.05, 0.1) is 0 Å². The van der Waals surface area contributed by atoms with Crippen molar-refractivity contribution in [3.05, 3.63) is 40.5 Å². The van der Waals surface area contributed by atoms with E-state index >= 15 is 0 Å². The van der Waals surface area contributed by atoms with E-state index in [0.29, 0.717) is 12.8 Å². The van der Waals surface area contributed by atoms with Gasteiger partial charge in [-0.15, -0.1) is 40.5 Å². The Labute approximate surface area is 154 Å². The molecule has 0 aromatic carbocycles. The summed E-state index contributed by atoms with van der Waals surface area (Å²) in [6, 6.07) is 0. The van der Waals surface area contributed by atoms with Gasteiger partial charge in [0.25, 0.3) is 20.3 Å². The zero-order valence-corrected chi connectivity index (χ0v) is 14.2. The first-order valence-electron chi connectivity index (χ1n) is 7.63. The number of hydrogen-bond acceptors (Lipinski definition) is 14. The quantitative estimate of drug-likeness (QED) is 0.209. The molecule has 1 fully saturated rings. The lowest BCUT2D eigenvalue weighted by molar-refractivity contribution is -0.825. The summed E-state index contributed by atoms with van der Waals surface area (Å²) in [5.74, 6) is 0. The molecule has 0 amide bonds. The van der Waals surface area contributed by atoms with Gasteiger partial charge >= 0.3 is 0 Å². The van der Waals surface area contributed by atoms with E-state index in [2.05, 4.69) is 19.4 Å². The number of ether oxygens (including phenoxy) is 2. The van der Waals surface area contributed by atoms with Gasteiger partial charge in [-0.05, 0) is 6.42 Å². The Hall–Kier alpha value is -3.28. The van der Waals surface area contributed by atoms with E-state index in [0.717, 1.165) is 0 Å². The van der Waals surface area contributed by atoms with Crippen LogP contribution in [0.1, 0.15) is 19.8 Å². The molecular formula is C10H16N4O14. The van der Waals surface area contributed by atoms with Gasteiger partial charge in [-0.3, -0.25) is 0 Å². The van der Waals surface area contributed by atoms with Crippen LogP contribution in [0.5, 0.6) is 0 Å². The maximum atomic E-state index is 10.8. The molecule has 1 heterocycles. The predicted molar refractivity (Wildman–Crippen MR) is 78.1 cm³/mol. The molecule has 28 heavy (non-hydrogen) atoms. The van der Waals surface area contributed by atoms with Gasteiger partial charge in [0, 0.05) is 6.61 Å². The van der Waals surface area contributed by atoms with Gasteiger partial charge < -0.3 is 28.8 Å². The topological polar surface area (TPSA) is 228 Å². The Morgan fingerprint density at radius 3 is 1.86 bits per heavy atom. The minimum atomic E-state index is -2.11. The van der Waals surface area contributed by atoms with Crippen molar-refractivity contribution in [2.24, 2.45) is 0 Å². The maximum Gasteiger partial charge on any atom is 0.295 e. The Bertz CT molecular complexity index is 574. The highest BCUT2D eigenvalue weighted by atomic mass is 17.0. The fraction of sp³-hybridized carbons (Fsp3) is 1.00. The fourth-order valence-corrected chi connectivity index (χ4v) is 2.28. The summed E-state index contributed by atoms with van der Waals surface area (Å²) in [4.78, 5) is 59.6. The van der Waals surface area contributed by atoms with Crippen molar-refractivity contribution < 1.29 is 49.2 Å². The molecule has 0 N–H and O–H groups in total. The van der Waals surface area contributed by atoms with E-state index < -0.39 is 57.7 Å². The number of nitrogens with zero attached hydrogens (tertiary/aromatic N) is 4. The molecule has 5 unspecified atom stereocenters. The standard InChI is InChI=1S/C10H16N4O14/c1-2-3-4-23-10-9(28-14(21)22)8(27-13(19)20)7(26-12(17)18)6(25-10)5-24-11(15)16/h6-10H,2-5H2,1H3. The molecule has 0 bridgehead atoms. The molecular weight excluding hydrogens is 400 g/mol. The van der Waals surface area contributed by atoms with E-state index in [4.69, 9.17) is 9.47 Å². The van der Waals surface area contributed by atoms with E-state index in [1.165, 1.54) is 0 Å². The van der Waals surface area contributed by atoms with Gasteiger partial charge in [-0.1, -0.05) is 13.3 Å². The van der Waals surface area contributed by atoms with E-state index in [-0.39, 0.29) is 6.61 Å². The zero-order valence-electron chi connectivity index (χ0n) is 14.2. The molecule has 1 saturated heterocycles. The predicted octanol–water partition coefficient (Wildman–Crippen LogP) is -0.533. The smallest absolute Gasteiger partial charge is 0.295 e. The van der Waals surface area contributed by atoms with Crippen LogP contribution in [0.3, 0.4) is 0 Å². The molecule has 0 saturated carbocycles. The highest BCUT2D eigenvalue weighted by molar-refractivity contribution is 4.91. The molecule has 5 atom stereocenters. The second-order valence-corrected chi connectivity index (χ2v) is 5.17. The third kappa shape index (κ3) is 7.15. The molecule has 1 aliphatic heterocycles. The average Bonchev–Trinajstić information content (AvgIpc) is 2.57. The van der Waals surface area contributed by atoms with Crippen molar-refractivity contribution in [3.8, 4) is 0 Å². The van der Waals surface area contributed by atoms with Crippen molar-refractivity contribution in [1.29, 1.82) is 0 Å². The largest absolute Gasteiger partial charge is 0.350 e. The van der Waals surface area contributed by atoms with Crippen molar-refractivity contribution in [2.45, 2.75) is 50.5 Å². The third-order valence-corrected chi connectivity index (χ3v) is 3.34. The van der Waals surface area contributed by atoms with Gasteiger partial charge in [-0.2, -0.15) is 0 Å². The lowest BCUT2D eigenvalue weighted by atomic mass is 9.99. The lowest BCUT2D eigenvalue weighted by Gasteiger charge is -2.42. The summed E-state index contributed by atoms with van der Waals surface area (Å²) in [7, 11) is 0. The molecule has 1 rings (SSSR count). The molecule has 0 spiro atoms. The van der Waals surface area contributed by atoms with Crippen LogP contribution in [0, 0.1) is 40.5 Å². The van der Waals surface area contributed by atoms with Gasteiger partial charge in [0.15, 0.2) is 24.6 Å². The first kappa shape index (κ1) is 22.8. The molecule has 0 aromatic rings. The zero-order chi connectivity index (χ0) is 21.3. The van der Waals surface area contributed by atoms with Crippen molar-refractivity contribution in [2.75, 3.05) is 13.2 Å². The minimum absolute atomic E-state index is 0.0342. The summed E-state index contributed by atoms with van der Waals surface area (Å²) in [6.07, 6.45) is -8.43. The Balaban J connectivity index is 3.21. The fourth-order valence-electron chi connectivity index (χ4n) is 2.28. The lowest BCUT2D eigenvalue weighted by Crippen LogP contribution is -2.63. The minimum Gasteiger partial charge on any atom is -0.350 e. The van der Waals surface area contributed by atoms with E-state index in [1.54, 1.807) is 6.92 Å². The van der Waals surface area contributed by atoms with Crippen LogP contribution >= 0.6 is 0 Å². The number of rotatable bonds is 13. The van der Waals surface area contributed by atoms with Crippen LogP contribution in [0.4, 0.5) is 0 Å². The van der Waals surface area contributed by atoms with E-state index in [9.17, 15) is 40.5 Å². The molecule has 0 radical (unpaired) electrons. The van der Waals surface area contributed by atoms with Crippen molar-refractivity contribution in [1.82, 2.24) is 0 Å². The number of unbranched alkanes of at least 4 members (excludes halogenated alkanes) is 1. The van der Waals surface area contributed by atoms with E-state index in [1.807, 2.05) is 0 Å². The van der Waals surface area contributed by atoms with Crippen LogP contribution in [-0.2, 0) is 28.8 Å². The molecule has 0 aliphatic carbocycles. The molecule has 18 heteroatoms. The first-order valence-corrected chi connectivity index (χ1v) is 7.63. The normalized spacial score (nSPS) is 26.7. The van der Waals surface area contributed by atoms with Crippen LogP contribution < -0.4 is 0 Å². The summed E-state index contributed by atoms with van der Waals surface area (Å²) in [6.45, 7) is 0.791. The second-order valence-electron chi connectivity index (χ2n) is 5.17. The first-order chi connectivity index (χ1) is 13.1. The second kappa shape index (κ2) is 10.8. The number of hydrogen-bond donors (Lipinski definition) is 0. The van der Waals surface area contributed by atoms with Crippen LogP contribution in [-0.4, -0.2) is 64.3 Å². The van der Waals surface area contributed by atoms with Gasteiger partial charge in [0.1, 0.15) is 12.7 Å². The Morgan fingerprint density at radius 1 is 0.821 bits per heavy atom. The highest BCUT2D eigenvalue weighted by Gasteiger charge is 2.53. The SMILES string of the molecule is CCCCOC1OC(CO[N+](=O)[O-])C(O[N+](=O)[O-])C(O[N+](=O)[O-])C1O[N+](=O)[O-]. The molecule has 0 aromatic heterocycles. The van der Waals surface area contributed by atoms with Crippen LogP contribution in [0.2, 0.25) is 0 Å². The van der Waals surface area contributed by atoms with Gasteiger partial charge in [-0.25, -0.2) is 0 Å². The highest BCUT2D eigenvalue weighted by Crippen LogP contribution is 2.29. The van der Waals surface area contributed by atoms with Crippen LogP contribution in [0.25, 0.3) is 0 Å². The van der Waals surface area contributed by atoms with Crippen LogP contribution in [0.15, 0.2) is 0 Å². The summed E-state index contributed by atoms with van der Waals surface area (Å²) in [5.41, 5.74) is 0. The Kier molecular flexibility index (Phi) is 8.75. The third-order valence-electron chi connectivity index (χ3n) is 3.34. The monoisotopic (exact) mass is 416 g/mol. The van der Waals surface area contributed by atoms with Gasteiger partial charge in [0.2, 0.25) is 0 Å². The summed E-state index contributed by atoms with van der Waals surface area (Å²) >= 11 is 0. The Morgan fingerprint density at radius 2 is 1.36 bits per heavy atom.